The summed E-state index contributed by atoms with van der Waals surface area (Å²) >= 11 is 0. The average Bonchev–Trinajstić information content (AvgIpc) is 2.76. The fraction of sp³-hybridized carbons (Fsp3) is 0.611. The van der Waals surface area contributed by atoms with Crippen LogP contribution in [0.5, 0.6) is 5.75 Å². The van der Waals surface area contributed by atoms with Crippen LogP contribution in [0.4, 0.5) is 13.2 Å². The summed E-state index contributed by atoms with van der Waals surface area (Å²) < 4.78 is 45.8. The fourth-order valence-corrected chi connectivity index (χ4v) is 3.16. The first-order chi connectivity index (χ1) is 11.6. The molecule has 4 nitrogen and oxygen atoms in total. The molecule has 140 valence electrons. The van der Waals surface area contributed by atoms with Gasteiger partial charge in [0.05, 0.1) is 6.61 Å². The van der Waals surface area contributed by atoms with E-state index in [1.165, 1.54) is 0 Å². The van der Waals surface area contributed by atoms with E-state index in [9.17, 15) is 18.0 Å². The van der Waals surface area contributed by atoms with E-state index in [0.29, 0.717) is 19.4 Å². The van der Waals surface area contributed by atoms with Crippen LogP contribution in [-0.4, -0.2) is 35.3 Å². The summed E-state index contributed by atoms with van der Waals surface area (Å²) in [7, 11) is 0. The summed E-state index contributed by atoms with van der Waals surface area (Å²) in [4.78, 5) is 11.5. The van der Waals surface area contributed by atoms with Crippen LogP contribution >= 0.6 is 0 Å². The maximum atomic E-state index is 13.5. The molecule has 0 spiro atoms. The summed E-state index contributed by atoms with van der Waals surface area (Å²) in [5.74, 6) is 0.381. The second-order valence-electron chi connectivity index (χ2n) is 6.92. The number of rotatable bonds is 7. The Bertz CT molecular complexity index is 585. The number of benzene rings is 1. The highest BCUT2D eigenvalue weighted by Crippen LogP contribution is 2.35. The summed E-state index contributed by atoms with van der Waals surface area (Å²) in [5.41, 5.74) is 2.49. The van der Waals surface area contributed by atoms with Gasteiger partial charge in [-0.1, -0.05) is 12.1 Å². The van der Waals surface area contributed by atoms with Crippen molar-refractivity contribution in [1.82, 2.24) is 10.4 Å². The normalized spacial score (nSPS) is 18.9. The van der Waals surface area contributed by atoms with Gasteiger partial charge in [0, 0.05) is 12.0 Å². The molecule has 1 aromatic carbocycles. The fourth-order valence-electron chi connectivity index (χ4n) is 3.16. The molecule has 1 saturated heterocycles. The molecule has 0 radical (unpaired) electrons. The van der Waals surface area contributed by atoms with Crippen LogP contribution < -0.4 is 10.2 Å². The topological polar surface area (TPSA) is 41.6 Å². The Balaban J connectivity index is 1.98. The Labute approximate surface area is 146 Å². The number of ether oxygens (including phenoxy) is 1. The zero-order valence-corrected chi connectivity index (χ0v) is 14.8. The monoisotopic (exact) mass is 358 g/mol. The first kappa shape index (κ1) is 19.6. The van der Waals surface area contributed by atoms with Crippen LogP contribution in [0, 0.1) is 0 Å². The van der Waals surface area contributed by atoms with Gasteiger partial charge in [0.2, 0.25) is 5.91 Å². The lowest BCUT2D eigenvalue weighted by molar-refractivity contribution is -0.202. The van der Waals surface area contributed by atoms with Gasteiger partial charge >= 0.3 is 6.18 Å². The number of aryl methyl sites for hydroxylation is 1. The Kier molecular flexibility index (Phi) is 5.98. The molecular weight excluding hydrogens is 333 g/mol. The van der Waals surface area contributed by atoms with Crippen molar-refractivity contribution in [2.45, 2.75) is 64.2 Å². The number of carbonyl (C=O) groups excluding carboxylic acids is 1. The number of nitrogens with zero attached hydrogens (tertiary/aromatic N) is 1. The van der Waals surface area contributed by atoms with Crippen molar-refractivity contribution in [3.05, 3.63) is 29.8 Å². The van der Waals surface area contributed by atoms with Crippen LogP contribution in [0.1, 0.15) is 45.6 Å². The molecule has 0 bridgehead atoms. The molecule has 1 N–H and O–H groups in total. The maximum absolute atomic E-state index is 13.5. The second-order valence-corrected chi connectivity index (χ2v) is 6.92. The number of alkyl halides is 3. The molecule has 1 aromatic rings. The molecule has 0 aromatic heterocycles. The van der Waals surface area contributed by atoms with Gasteiger partial charge in [-0.3, -0.25) is 10.2 Å². The minimum Gasteiger partial charge on any atom is -0.494 e. The average molecular weight is 358 g/mol. The number of nitrogens with one attached hydrogen (secondary N) is 1. The number of carbonyl (C=O) groups is 1. The van der Waals surface area contributed by atoms with Gasteiger partial charge in [-0.2, -0.15) is 13.2 Å². The molecule has 0 saturated carbocycles. The summed E-state index contributed by atoms with van der Waals surface area (Å²) in [6.07, 6.45) is -3.48. The van der Waals surface area contributed by atoms with Gasteiger partial charge in [0.1, 0.15) is 11.8 Å². The molecule has 0 aliphatic carbocycles. The Morgan fingerprint density at radius 2 is 1.92 bits per heavy atom. The van der Waals surface area contributed by atoms with Gasteiger partial charge in [0.25, 0.3) is 0 Å². The molecular formula is C18H25F3N2O2. The zero-order valence-electron chi connectivity index (χ0n) is 14.8. The largest absolute Gasteiger partial charge is 0.494 e. The quantitative estimate of drug-likeness (QED) is 0.805. The van der Waals surface area contributed by atoms with Gasteiger partial charge in [0.15, 0.2) is 0 Å². The highest BCUT2D eigenvalue weighted by Gasteiger charge is 2.51. The van der Waals surface area contributed by atoms with Gasteiger partial charge < -0.3 is 4.74 Å². The summed E-state index contributed by atoms with van der Waals surface area (Å²) in [6.45, 7) is 5.76. The van der Waals surface area contributed by atoms with Crippen LogP contribution in [-0.2, 0) is 11.2 Å². The predicted octanol–water partition coefficient (Wildman–Crippen LogP) is 3.85. The van der Waals surface area contributed by atoms with E-state index in [4.69, 9.17) is 4.74 Å². The number of hydrogen-bond donors (Lipinski definition) is 1. The summed E-state index contributed by atoms with van der Waals surface area (Å²) in [6, 6.07) is 5.70. The van der Waals surface area contributed by atoms with Gasteiger partial charge in [-0.05, 0) is 57.7 Å². The van der Waals surface area contributed by atoms with Gasteiger partial charge in [-0.25, -0.2) is 5.01 Å². The second kappa shape index (κ2) is 7.64. The third-order valence-corrected chi connectivity index (χ3v) is 4.36. The van der Waals surface area contributed by atoms with Gasteiger partial charge in [-0.15, -0.1) is 0 Å². The Morgan fingerprint density at radius 3 is 2.40 bits per heavy atom. The molecule has 7 heteroatoms. The Morgan fingerprint density at radius 1 is 1.28 bits per heavy atom. The van der Waals surface area contributed by atoms with E-state index >= 15 is 0 Å². The van der Waals surface area contributed by atoms with E-state index in [1.54, 1.807) is 13.8 Å². The van der Waals surface area contributed by atoms with Crippen LogP contribution in [0.3, 0.4) is 0 Å². The van der Waals surface area contributed by atoms with Crippen molar-refractivity contribution < 1.29 is 22.7 Å². The highest BCUT2D eigenvalue weighted by atomic mass is 19.4. The van der Waals surface area contributed by atoms with Crippen LogP contribution in [0.15, 0.2) is 24.3 Å². The molecule has 1 fully saturated rings. The molecule has 25 heavy (non-hydrogen) atoms. The minimum atomic E-state index is -4.40. The smallest absolute Gasteiger partial charge is 0.405 e. The number of hydrazine groups is 1. The molecule has 1 unspecified atom stereocenters. The third-order valence-electron chi connectivity index (χ3n) is 4.36. The van der Waals surface area contributed by atoms with Crippen molar-refractivity contribution in [2.75, 3.05) is 6.61 Å². The highest BCUT2D eigenvalue weighted by molar-refractivity contribution is 5.78. The lowest BCUT2D eigenvalue weighted by atomic mass is 9.97. The first-order valence-corrected chi connectivity index (χ1v) is 8.51. The van der Waals surface area contributed by atoms with E-state index in [1.807, 2.05) is 31.2 Å². The van der Waals surface area contributed by atoms with Crippen LogP contribution in [0.2, 0.25) is 0 Å². The number of hydrogen-bond acceptors (Lipinski definition) is 3. The summed E-state index contributed by atoms with van der Waals surface area (Å²) in [5, 5.41) is 1.08. The number of amides is 1. The molecule has 2 rings (SSSR count). The molecule has 1 aliphatic rings. The lowest BCUT2D eigenvalue weighted by Crippen LogP contribution is -2.56. The molecule has 1 aliphatic heterocycles. The van der Waals surface area contributed by atoms with E-state index < -0.39 is 17.8 Å². The zero-order chi connectivity index (χ0) is 18.7. The van der Waals surface area contributed by atoms with E-state index in [2.05, 4.69) is 5.43 Å². The molecule has 1 amide bonds. The van der Waals surface area contributed by atoms with Crippen molar-refractivity contribution in [1.29, 1.82) is 0 Å². The van der Waals surface area contributed by atoms with Crippen molar-refractivity contribution in [2.24, 2.45) is 0 Å². The minimum absolute atomic E-state index is 0.0679. The van der Waals surface area contributed by atoms with Crippen molar-refractivity contribution in [3.63, 3.8) is 0 Å². The van der Waals surface area contributed by atoms with E-state index in [0.717, 1.165) is 16.3 Å². The van der Waals surface area contributed by atoms with Crippen molar-refractivity contribution >= 4 is 5.91 Å². The standard InChI is InChI=1S/C18H25F3N2O2/c1-4-25-14-10-8-13(9-11-14)6-5-7-15(18(19,20)21)23-17(2,3)12-16(24)22-23/h8-11,15H,4-7,12H2,1-3H3,(H,22,24). The Hall–Kier alpha value is -1.76. The van der Waals surface area contributed by atoms with Crippen LogP contribution in [0.25, 0.3) is 0 Å². The first-order valence-electron chi connectivity index (χ1n) is 8.51. The van der Waals surface area contributed by atoms with E-state index in [-0.39, 0.29) is 18.7 Å². The maximum Gasteiger partial charge on any atom is 0.405 e. The lowest BCUT2D eigenvalue weighted by Gasteiger charge is -2.37. The van der Waals surface area contributed by atoms with Crippen molar-refractivity contribution in [3.8, 4) is 5.75 Å². The third kappa shape index (κ3) is 5.11. The number of halogens is 3. The SMILES string of the molecule is CCOc1ccc(CCCC(N2NC(=O)CC2(C)C)C(F)(F)F)cc1. The molecule has 1 heterocycles. The molecule has 1 atom stereocenters. The predicted molar refractivity (Wildman–Crippen MR) is 89.1 cm³/mol.